The van der Waals surface area contributed by atoms with E-state index in [4.69, 9.17) is 16.3 Å². The number of carbonyl (C=O) groups is 1. The van der Waals surface area contributed by atoms with Crippen molar-refractivity contribution in [1.29, 1.82) is 0 Å². The van der Waals surface area contributed by atoms with Gasteiger partial charge in [-0.3, -0.25) is 14.3 Å². The second-order valence-corrected chi connectivity index (χ2v) is 5.58. The number of hydrogen-bond donors (Lipinski definition) is 1. The molecule has 0 bridgehead atoms. The molecule has 0 atom stereocenters. The molecule has 0 radical (unpaired) electrons. The molecule has 3 rings (SSSR count). The second-order valence-electron chi connectivity index (χ2n) is 5.20. The van der Waals surface area contributed by atoms with Crippen LogP contribution in [0.25, 0.3) is 16.7 Å². The maximum absolute atomic E-state index is 13.0. The number of aromatic nitrogens is 3. The van der Waals surface area contributed by atoms with Gasteiger partial charge >= 0.3 is 5.97 Å². The molecule has 8 heteroatoms. The molecule has 0 amide bonds. The second kappa shape index (κ2) is 6.52. The predicted octanol–water partition coefficient (Wildman–Crippen LogP) is 2.62. The summed E-state index contributed by atoms with van der Waals surface area (Å²) in [4.78, 5) is 33.5. The minimum atomic E-state index is -0.905. The van der Waals surface area contributed by atoms with E-state index in [-0.39, 0.29) is 22.8 Å². The lowest BCUT2D eigenvalue weighted by Gasteiger charge is -2.15. The number of aryl methyl sites for hydroxylation is 1. The molecule has 0 saturated carbocycles. The highest BCUT2D eigenvalue weighted by Gasteiger charge is 2.25. The molecule has 0 fully saturated rings. The number of aromatic hydroxyl groups is 1. The summed E-state index contributed by atoms with van der Waals surface area (Å²) in [5, 5.41) is 10.8. The highest BCUT2D eigenvalue weighted by atomic mass is 35.5. The summed E-state index contributed by atoms with van der Waals surface area (Å²) < 4.78 is 6.11. The minimum Gasteiger partial charge on any atom is -0.506 e. The van der Waals surface area contributed by atoms with Crippen molar-refractivity contribution in [3.63, 3.8) is 0 Å². The molecular formula is C17H14ClN3O4. The first-order chi connectivity index (χ1) is 12.0. The Hall–Kier alpha value is -2.93. The van der Waals surface area contributed by atoms with Gasteiger partial charge in [0.05, 0.1) is 23.4 Å². The third kappa shape index (κ3) is 2.83. The lowest BCUT2D eigenvalue weighted by atomic mass is 10.1. The fourth-order valence-corrected chi connectivity index (χ4v) is 2.69. The van der Waals surface area contributed by atoms with Crippen molar-refractivity contribution in [2.24, 2.45) is 0 Å². The van der Waals surface area contributed by atoms with Gasteiger partial charge in [-0.15, -0.1) is 0 Å². The van der Waals surface area contributed by atoms with Gasteiger partial charge in [-0.2, -0.15) is 0 Å². The number of pyridine rings is 3. The maximum Gasteiger partial charge on any atom is 0.347 e. The van der Waals surface area contributed by atoms with Crippen LogP contribution < -0.4 is 5.56 Å². The Morgan fingerprint density at radius 1 is 1.36 bits per heavy atom. The number of ether oxygens (including phenoxy) is 1. The number of rotatable bonds is 3. The first kappa shape index (κ1) is 16.9. The van der Waals surface area contributed by atoms with Gasteiger partial charge in [0.15, 0.2) is 11.2 Å². The van der Waals surface area contributed by atoms with Crippen molar-refractivity contribution in [2.45, 2.75) is 13.8 Å². The van der Waals surface area contributed by atoms with Crippen molar-refractivity contribution in [1.82, 2.24) is 14.5 Å². The average molecular weight is 360 g/mol. The highest BCUT2D eigenvalue weighted by Crippen LogP contribution is 2.29. The topological polar surface area (TPSA) is 94.3 Å². The molecular weight excluding hydrogens is 346 g/mol. The summed E-state index contributed by atoms with van der Waals surface area (Å²) in [7, 11) is 0. The summed E-state index contributed by atoms with van der Waals surface area (Å²) >= 11 is 5.96. The van der Waals surface area contributed by atoms with E-state index in [2.05, 4.69) is 9.97 Å². The Labute approximate surface area is 147 Å². The van der Waals surface area contributed by atoms with Gasteiger partial charge < -0.3 is 9.84 Å². The number of hydrogen-bond acceptors (Lipinski definition) is 6. The Morgan fingerprint density at radius 2 is 2.12 bits per heavy atom. The van der Waals surface area contributed by atoms with Gasteiger partial charge in [-0.05, 0) is 38.1 Å². The quantitative estimate of drug-likeness (QED) is 0.570. The lowest BCUT2D eigenvalue weighted by Crippen LogP contribution is -2.28. The first-order valence-electron chi connectivity index (χ1n) is 7.49. The molecule has 0 aliphatic heterocycles. The van der Waals surface area contributed by atoms with Crippen LogP contribution in [0, 0.1) is 6.92 Å². The summed E-state index contributed by atoms with van der Waals surface area (Å²) in [5.74, 6) is -1.39. The number of esters is 1. The predicted molar refractivity (Wildman–Crippen MR) is 92.5 cm³/mol. The molecule has 0 aliphatic rings. The van der Waals surface area contributed by atoms with E-state index in [9.17, 15) is 14.7 Å². The van der Waals surface area contributed by atoms with Crippen molar-refractivity contribution >= 4 is 28.6 Å². The van der Waals surface area contributed by atoms with E-state index in [1.54, 1.807) is 32.2 Å². The van der Waals surface area contributed by atoms with Crippen LogP contribution in [-0.4, -0.2) is 32.2 Å². The standard InChI is InChI=1S/C17H14ClN3O4/c1-3-25-17(24)13-14(22)10-6-7-12(18)20-15(10)21(16(13)23)11-5-4-8-19-9(11)2/h4-8,22H,3H2,1-2H3. The molecule has 0 aromatic carbocycles. The molecule has 1 N–H and O–H groups in total. The smallest absolute Gasteiger partial charge is 0.347 e. The highest BCUT2D eigenvalue weighted by molar-refractivity contribution is 6.29. The average Bonchev–Trinajstić information content (AvgIpc) is 2.56. The zero-order valence-electron chi connectivity index (χ0n) is 13.5. The fraction of sp³-hybridized carbons (Fsp3) is 0.176. The number of carbonyl (C=O) groups excluding carboxylic acids is 1. The first-order valence-corrected chi connectivity index (χ1v) is 7.86. The molecule has 3 aromatic rings. The lowest BCUT2D eigenvalue weighted by molar-refractivity contribution is 0.0521. The van der Waals surface area contributed by atoms with Crippen LogP contribution >= 0.6 is 11.6 Å². The number of halogens is 1. The van der Waals surface area contributed by atoms with Gasteiger partial charge in [0.2, 0.25) is 0 Å². The summed E-state index contributed by atoms with van der Waals surface area (Å²) in [6.07, 6.45) is 1.58. The van der Waals surface area contributed by atoms with Crippen molar-refractivity contribution in [3.8, 4) is 11.4 Å². The van der Waals surface area contributed by atoms with Crippen LogP contribution in [0.3, 0.4) is 0 Å². The van der Waals surface area contributed by atoms with Crippen molar-refractivity contribution in [2.75, 3.05) is 6.61 Å². The molecule has 0 unspecified atom stereocenters. The van der Waals surface area contributed by atoms with E-state index in [0.29, 0.717) is 11.4 Å². The fourth-order valence-electron chi connectivity index (χ4n) is 2.55. The molecule has 0 aliphatic carbocycles. The molecule has 0 spiro atoms. The normalized spacial score (nSPS) is 10.8. The number of fused-ring (bicyclic) bond motifs is 1. The maximum atomic E-state index is 13.0. The molecule has 7 nitrogen and oxygen atoms in total. The Morgan fingerprint density at radius 3 is 2.80 bits per heavy atom. The zero-order valence-corrected chi connectivity index (χ0v) is 14.2. The largest absolute Gasteiger partial charge is 0.506 e. The van der Waals surface area contributed by atoms with Crippen LogP contribution in [0.1, 0.15) is 23.0 Å². The van der Waals surface area contributed by atoms with Gasteiger partial charge in [0, 0.05) is 6.20 Å². The van der Waals surface area contributed by atoms with Crippen LogP contribution in [0.4, 0.5) is 0 Å². The van der Waals surface area contributed by atoms with Crippen molar-refractivity contribution < 1.29 is 14.6 Å². The van der Waals surface area contributed by atoms with E-state index in [1.807, 2.05) is 0 Å². The summed E-state index contributed by atoms with van der Waals surface area (Å²) in [6, 6.07) is 6.27. The molecule has 3 aromatic heterocycles. The van der Waals surface area contributed by atoms with Crippen LogP contribution in [0.5, 0.6) is 5.75 Å². The molecule has 25 heavy (non-hydrogen) atoms. The van der Waals surface area contributed by atoms with Crippen LogP contribution in [0.2, 0.25) is 5.15 Å². The Bertz CT molecular complexity index is 1050. The monoisotopic (exact) mass is 359 g/mol. The van der Waals surface area contributed by atoms with Gasteiger partial charge in [-0.25, -0.2) is 9.78 Å². The minimum absolute atomic E-state index is 0.0700. The number of nitrogens with zero attached hydrogens (tertiary/aromatic N) is 3. The molecule has 128 valence electrons. The van der Waals surface area contributed by atoms with E-state index >= 15 is 0 Å². The SMILES string of the molecule is CCOC(=O)c1c(O)c2ccc(Cl)nc2n(-c2cccnc2C)c1=O. The van der Waals surface area contributed by atoms with E-state index in [1.165, 1.54) is 16.7 Å². The van der Waals surface area contributed by atoms with Crippen molar-refractivity contribution in [3.05, 3.63) is 57.2 Å². The van der Waals surface area contributed by atoms with Crippen LogP contribution in [-0.2, 0) is 4.74 Å². The summed E-state index contributed by atoms with van der Waals surface area (Å²) in [6.45, 7) is 3.40. The van der Waals surface area contributed by atoms with Crippen LogP contribution in [0.15, 0.2) is 35.3 Å². The third-order valence-electron chi connectivity index (χ3n) is 3.66. The van der Waals surface area contributed by atoms with Gasteiger partial charge in [0.25, 0.3) is 5.56 Å². The summed E-state index contributed by atoms with van der Waals surface area (Å²) in [5.41, 5.74) is -0.110. The van der Waals surface area contributed by atoms with Gasteiger partial charge in [0.1, 0.15) is 10.9 Å². The third-order valence-corrected chi connectivity index (χ3v) is 3.87. The Kier molecular flexibility index (Phi) is 4.41. The van der Waals surface area contributed by atoms with Gasteiger partial charge in [-0.1, -0.05) is 11.6 Å². The molecule has 3 heterocycles. The van der Waals surface area contributed by atoms with E-state index in [0.717, 1.165) is 0 Å². The zero-order chi connectivity index (χ0) is 18.1. The Balaban J connectivity index is 2.50. The van der Waals surface area contributed by atoms with E-state index < -0.39 is 22.8 Å². The molecule has 0 saturated heterocycles.